The molecule has 0 fully saturated rings. The summed E-state index contributed by atoms with van der Waals surface area (Å²) in [6.07, 6.45) is 2.06. The average molecular weight is 263 g/mol. The van der Waals surface area contributed by atoms with Gasteiger partial charge in [-0.2, -0.15) is 8.42 Å². The number of oxime groups is 1. The summed E-state index contributed by atoms with van der Waals surface area (Å²) in [6, 6.07) is 3.00. The highest BCUT2D eigenvalue weighted by Crippen LogP contribution is 2.21. The number of nitrogens with zero attached hydrogens (tertiary/aromatic N) is 1. The van der Waals surface area contributed by atoms with Gasteiger partial charge in [-0.05, 0) is 26.0 Å². The van der Waals surface area contributed by atoms with Gasteiger partial charge in [0.25, 0.3) is 0 Å². The van der Waals surface area contributed by atoms with E-state index in [2.05, 4.69) is 5.16 Å². The van der Waals surface area contributed by atoms with E-state index in [4.69, 9.17) is 9.39 Å². The normalized spacial score (nSPS) is 12.5. The van der Waals surface area contributed by atoms with E-state index in [1.807, 2.05) is 13.8 Å². The predicted molar refractivity (Wildman–Crippen MR) is 62.6 cm³/mol. The van der Waals surface area contributed by atoms with Crippen molar-refractivity contribution >= 4 is 27.7 Å². The van der Waals surface area contributed by atoms with Gasteiger partial charge in [0, 0.05) is 17.5 Å². The van der Waals surface area contributed by atoms with Crippen molar-refractivity contribution < 1.29 is 17.8 Å². The van der Waals surface area contributed by atoms with Crippen LogP contribution < -0.4 is 0 Å². The molecule has 1 aromatic heterocycles. The maximum atomic E-state index is 10.8. The van der Waals surface area contributed by atoms with Gasteiger partial charge in [-0.3, -0.25) is 4.55 Å². The minimum Gasteiger partial charge on any atom is -0.393 e. The Morgan fingerprint density at radius 3 is 2.75 bits per heavy atom. The Hall–Kier alpha value is -0.920. The second kappa shape index (κ2) is 5.42. The second-order valence-electron chi connectivity index (χ2n) is 3.34. The van der Waals surface area contributed by atoms with Gasteiger partial charge < -0.3 is 4.84 Å². The van der Waals surface area contributed by atoms with Crippen molar-refractivity contribution in [3.05, 3.63) is 17.0 Å². The van der Waals surface area contributed by atoms with E-state index in [1.54, 1.807) is 12.3 Å². The molecular weight excluding hydrogens is 250 g/mol. The van der Waals surface area contributed by atoms with Crippen LogP contribution in [0.1, 0.15) is 18.7 Å². The predicted octanol–water partition coefficient (Wildman–Crippen LogP) is 1.95. The summed E-state index contributed by atoms with van der Waals surface area (Å²) >= 11 is 1.01. The molecule has 1 heterocycles. The maximum Gasteiger partial charge on any atom is 0.304 e. The zero-order valence-corrected chi connectivity index (χ0v) is 10.6. The van der Waals surface area contributed by atoms with Crippen LogP contribution in [-0.4, -0.2) is 25.3 Å². The van der Waals surface area contributed by atoms with Gasteiger partial charge in [0.15, 0.2) is 0 Å². The molecule has 0 aromatic carbocycles. The Kier molecular flexibility index (Phi) is 4.45. The van der Waals surface area contributed by atoms with Crippen molar-refractivity contribution in [3.63, 3.8) is 0 Å². The quantitative estimate of drug-likeness (QED) is 0.500. The Balaban J connectivity index is 2.57. The highest BCUT2D eigenvalue weighted by molar-refractivity contribution is 7.88. The maximum absolute atomic E-state index is 10.8. The number of hydrogen-bond donors (Lipinski definition) is 1. The summed E-state index contributed by atoms with van der Waals surface area (Å²) in [6.45, 7) is 3.72. The minimum absolute atomic E-state index is 0.0213. The smallest absolute Gasteiger partial charge is 0.304 e. The van der Waals surface area contributed by atoms with Crippen molar-refractivity contribution in [2.45, 2.75) is 30.6 Å². The molecule has 0 aliphatic rings. The lowest BCUT2D eigenvalue weighted by Gasteiger charge is -1.99. The van der Waals surface area contributed by atoms with Crippen molar-refractivity contribution in [2.75, 3.05) is 0 Å². The van der Waals surface area contributed by atoms with Crippen LogP contribution in [0.25, 0.3) is 0 Å². The van der Waals surface area contributed by atoms with Gasteiger partial charge in [-0.15, -0.1) is 11.3 Å². The number of thiophene rings is 1. The fraction of sp³-hybridized carbons (Fsp3) is 0.444. The molecule has 7 heteroatoms. The standard InChI is InChI=1S/C9H13NO4S2/c1-7(2)14-10-6-5-8-3-4-9(15-8)16(11,12)13/h3-4,6-7H,5H2,1-2H3,(H,11,12,13). The lowest BCUT2D eigenvalue weighted by Crippen LogP contribution is -1.96. The number of hydrogen-bond acceptors (Lipinski definition) is 5. The molecule has 1 aromatic rings. The summed E-state index contributed by atoms with van der Waals surface area (Å²) in [5.74, 6) is 0. The van der Waals surface area contributed by atoms with Gasteiger partial charge in [0.05, 0.1) is 0 Å². The first kappa shape index (κ1) is 13.1. The summed E-state index contributed by atoms with van der Waals surface area (Å²) in [4.78, 5) is 5.74. The Morgan fingerprint density at radius 2 is 2.25 bits per heavy atom. The molecule has 0 bridgehead atoms. The lowest BCUT2D eigenvalue weighted by atomic mass is 10.4. The van der Waals surface area contributed by atoms with E-state index >= 15 is 0 Å². The second-order valence-corrected chi connectivity index (χ2v) is 6.16. The fourth-order valence-corrected chi connectivity index (χ4v) is 2.57. The summed E-state index contributed by atoms with van der Waals surface area (Å²) in [7, 11) is -4.08. The van der Waals surface area contributed by atoms with Crippen LogP contribution in [0.5, 0.6) is 0 Å². The van der Waals surface area contributed by atoms with Crippen molar-refractivity contribution in [2.24, 2.45) is 5.16 Å². The van der Waals surface area contributed by atoms with E-state index in [-0.39, 0.29) is 10.3 Å². The van der Waals surface area contributed by atoms with Crippen LogP contribution in [0.15, 0.2) is 21.5 Å². The highest BCUT2D eigenvalue weighted by atomic mass is 32.3. The highest BCUT2D eigenvalue weighted by Gasteiger charge is 2.11. The SMILES string of the molecule is CC(C)ON=CCc1ccc(S(=O)(=O)O)s1. The summed E-state index contributed by atoms with van der Waals surface area (Å²) < 4.78 is 30.3. The average Bonchev–Trinajstić information content (AvgIpc) is 2.59. The van der Waals surface area contributed by atoms with Crippen molar-refractivity contribution in [3.8, 4) is 0 Å². The van der Waals surface area contributed by atoms with Crippen molar-refractivity contribution in [1.29, 1.82) is 0 Å². The molecule has 0 unspecified atom stereocenters. The van der Waals surface area contributed by atoms with Crippen molar-refractivity contribution in [1.82, 2.24) is 0 Å². The molecule has 1 rings (SSSR count). The van der Waals surface area contributed by atoms with E-state index in [0.717, 1.165) is 16.2 Å². The fourth-order valence-electron chi connectivity index (χ4n) is 0.899. The minimum atomic E-state index is -4.08. The molecule has 90 valence electrons. The van der Waals surface area contributed by atoms with Crippen LogP contribution in [0.4, 0.5) is 0 Å². The van der Waals surface area contributed by atoms with Crippen LogP contribution in [0.2, 0.25) is 0 Å². The summed E-state index contributed by atoms with van der Waals surface area (Å²) in [5.41, 5.74) is 0. The van der Waals surface area contributed by atoms with E-state index in [0.29, 0.717) is 6.42 Å². The molecule has 16 heavy (non-hydrogen) atoms. The molecule has 0 atom stereocenters. The molecule has 0 spiro atoms. The molecule has 0 radical (unpaired) electrons. The van der Waals surface area contributed by atoms with Gasteiger partial charge >= 0.3 is 10.1 Å². The van der Waals surface area contributed by atoms with Gasteiger partial charge in [0.2, 0.25) is 0 Å². The van der Waals surface area contributed by atoms with Gasteiger partial charge in [-0.25, -0.2) is 0 Å². The Bertz CT molecular complexity index is 462. The van der Waals surface area contributed by atoms with Crippen LogP contribution in [0, 0.1) is 0 Å². The first-order valence-corrected chi connectivity index (χ1v) is 6.89. The topological polar surface area (TPSA) is 76.0 Å². The third-order valence-electron chi connectivity index (χ3n) is 1.53. The van der Waals surface area contributed by atoms with Crippen LogP contribution >= 0.6 is 11.3 Å². The van der Waals surface area contributed by atoms with Gasteiger partial charge in [0.1, 0.15) is 10.3 Å². The molecule has 0 aliphatic carbocycles. The molecule has 0 saturated heterocycles. The third kappa shape index (κ3) is 4.30. The molecule has 0 saturated carbocycles. The monoisotopic (exact) mass is 263 g/mol. The first-order chi connectivity index (χ1) is 7.39. The molecule has 5 nitrogen and oxygen atoms in total. The largest absolute Gasteiger partial charge is 0.393 e. The molecule has 0 amide bonds. The zero-order chi connectivity index (χ0) is 12.2. The first-order valence-electron chi connectivity index (χ1n) is 4.63. The molecule has 0 aliphatic heterocycles. The Labute approximate surface area is 98.5 Å². The molecule has 1 N–H and O–H groups in total. The number of rotatable bonds is 5. The lowest BCUT2D eigenvalue weighted by molar-refractivity contribution is 0.0869. The van der Waals surface area contributed by atoms with Gasteiger partial charge in [-0.1, -0.05) is 5.16 Å². The molecular formula is C9H13NO4S2. The third-order valence-corrected chi connectivity index (χ3v) is 3.96. The van der Waals surface area contributed by atoms with Crippen LogP contribution in [-0.2, 0) is 21.4 Å². The van der Waals surface area contributed by atoms with E-state index in [9.17, 15) is 8.42 Å². The Morgan fingerprint density at radius 1 is 1.56 bits per heavy atom. The zero-order valence-electron chi connectivity index (χ0n) is 8.95. The summed E-state index contributed by atoms with van der Waals surface area (Å²) in [5, 5.41) is 3.71. The van der Waals surface area contributed by atoms with E-state index in [1.165, 1.54) is 6.07 Å². The van der Waals surface area contributed by atoms with Crippen LogP contribution in [0.3, 0.4) is 0 Å². The van der Waals surface area contributed by atoms with E-state index < -0.39 is 10.1 Å².